The fraction of sp³-hybridized carbons (Fsp3) is 0.650. The minimum atomic E-state index is 0.0154. The molecule has 3 rings (SSSR count). The lowest BCUT2D eigenvalue weighted by atomic mass is 10.1. The van der Waals surface area contributed by atoms with Crippen LogP contribution in [0.25, 0.3) is 0 Å². The zero-order chi connectivity index (χ0) is 20.1. The molecule has 1 aromatic heterocycles. The third-order valence-electron chi connectivity index (χ3n) is 5.20. The highest BCUT2D eigenvalue weighted by atomic mass is 35.5. The van der Waals surface area contributed by atoms with Crippen molar-refractivity contribution in [3.8, 4) is 0 Å². The molecule has 154 valence electrons. The van der Waals surface area contributed by atoms with E-state index >= 15 is 0 Å². The standard InChI is InChI=1S/C20H30ClN5O2/c1-15(2)23-18(27)14-24-8-10-25(11-9-24)19-17(21)12-16(13-22-19)20(28)26-6-4-3-5-7-26/h12-13,15H,3-11,14H2,1-2H3,(H,23,27). The molecule has 2 amide bonds. The van der Waals surface area contributed by atoms with E-state index in [1.54, 1.807) is 12.3 Å². The first-order valence-corrected chi connectivity index (χ1v) is 10.5. The molecule has 8 heteroatoms. The molecule has 0 spiro atoms. The number of pyridine rings is 1. The highest BCUT2D eigenvalue weighted by Gasteiger charge is 2.24. The van der Waals surface area contributed by atoms with E-state index in [4.69, 9.17) is 11.6 Å². The number of piperazine rings is 1. The molecule has 0 unspecified atom stereocenters. The predicted octanol–water partition coefficient (Wildman–Crippen LogP) is 2.01. The van der Waals surface area contributed by atoms with Crippen molar-refractivity contribution in [2.24, 2.45) is 0 Å². The summed E-state index contributed by atoms with van der Waals surface area (Å²) in [6.07, 6.45) is 4.95. The van der Waals surface area contributed by atoms with Crippen LogP contribution in [0.1, 0.15) is 43.5 Å². The summed E-state index contributed by atoms with van der Waals surface area (Å²) >= 11 is 6.47. The molecule has 2 saturated heterocycles. The Labute approximate surface area is 172 Å². The van der Waals surface area contributed by atoms with Crippen molar-refractivity contribution in [3.05, 3.63) is 22.8 Å². The minimum Gasteiger partial charge on any atom is -0.353 e. The summed E-state index contributed by atoms with van der Waals surface area (Å²) in [4.78, 5) is 35.2. The van der Waals surface area contributed by atoms with E-state index in [2.05, 4.69) is 20.1 Å². The van der Waals surface area contributed by atoms with E-state index in [-0.39, 0.29) is 17.9 Å². The summed E-state index contributed by atoms with van der Waals surface area (Å²) in [6, 6.07) is 1.89. The van der Waals surface area contributed by atoms with Crippen LogP contribution in [-0.4, -0.2) is 78.5 Å². The lowest BCUT2D eigenvalue weighted by molar-refractivity contribution is -0.122. The zero-order valence-electron chi connectivity index (χ0n) is 16.8. The van der Waals surface area contributed by atoms with Crippen LogP contribution in [0.5, 0.6) is 0 Å². The van der Waals surface area contributed by atoms with Crippen molar-refractivity contribution in [1.29, 1.82) is 0 Å². The normalized spacial score (nSPS) is 18.4. The molecule has 0 aromatic carbocycles. The summed E-state index contributed by atoms with van der Waals surface area (Å²) in [7, 11) is 0. The summed E-state index contributed by atoms with van der Waals surface area (Å²) in [5.74, 6) is 0.782. The van der Waals surface area contributed by atoms with E-state index in [1.165, 1.54) is 6.42 Å². The maximum Gasteiger partial charge on any atom is 0.255 e. The number of carbonyl (C=O) groups is 2. The average molecular weight is 408 g/mol. The highest BCUT2D eigenvalue weighted by Crippen LogP contribution is 2.26. The van der Waals surface area contributed by atoms with Gasteiger partial charge in [-0.25, -0.2) is 4.98 Å². The van der Waals surface area contributed by atoms with Crippen LogP contribution < -0.4 is 10.2 Å². The molecule has 1 aromatic rings. The molecule has 0 bridgehead atoms. The molecule has 0 atom stereocenters. The molecule has 3 heterocycles. The fourth-order valence-electron chi connectivity index (χ4n) is 3.75. The molecule has 7 nitrogen and oxygen atoms in total. The second kappa shape index (κ2) is 9.56. The van der Waals surface area contributed by atoms with Gasteiger partial charge in [0.25, 0.3) is 5.91 Å². The van der Waals surface area contributed by atoms with Crippen molar-refractivity contribution in [3.63, 3.8) is 0 Å². The largest absolute Gasteiger partial charge is 0.353 e. The van der Waals surface area contributed by atoms with Crippen LogP contribution in [-0.2, 0) is 4.79 Å². The maximum atomic E-state index is 12.6. The van der Waals surface area contributed by atoms with E-state index < -0.39 is 0 Å². The van der Waals surface area contributed by atoms with E-state index in [0.717, 1.165) is 52.1 Å². The monoisotopic (exact) mass is 407 g/mol. The van der Waals surface area contributed by atoms with Gasteiger partial charge in [0.05, 0.1) is 17.1 Å². The molecule has 2 fully saturated rings. The fourth-order valence-corrected chi connectivity index (χ4v) is 4.03. The molecule has 1 N–H and O–H groups in total. The van der Waals surface area contributed by atoms with E-state index in [1.807, 2.05) is 18.7 Å². The Kier molecular flexibility index (Phi) is 7.13. The smallest absolute Gasteiger partial charge is 0.255 e. The molecule has 28 heavy (non-hydrogen) atoms. The molecule has 0 saturated carbocycles. The van der Waals surface area contributed by atoms with Crippen molar-refractivity contribution < 1.29 is 9.59 Å². The number of carbonyl (C=O) groups excluding carboxylic acids is 2. The Balaban J connectivity index is 1.56. The maximum absolute atomic E-state index is 12.6. The van der Waals surface area contributed by atoms with Gasteiger partial charge in [0.15, 0.2) is 0 Å². The molecule has 2 aliphatic heterocycles. The number of aromatic nitrogens is 1. The SMILES string of the molecule is CC(C)NC(=O)CN1CCN(c2ncc(C(=O)N3CCCCC3)cc2Cl)CC1. The van der Waals surface area contributed by atoms with Gasteiger partial charge in [-0.2, -0.15) is 0 Å². The topological polar surface area (TPSA) is 68.8 Å². The summed E-state index contributed by atoms with van der Waals surface area (Å²) < 4.78 is 0. The van der Waals surface area contributed by atoms with Crippen LogP contribution in [0.3, 0.4) is 0 Å². The molecular weight excluding hydrogens is 378 g/mol. The van der Waals surface area contributed by atoms with E-state index in [0.29, 0.717) is 22.9 Å². The predicted molar refractivity (Wildman–Crippen MR) is 111 cm³/mol. The summed E-state index contributed by atoms with van der Waals surface area (Å²) in [5, 5.41) is 3.43. The van der Waals surface area contributed by atoms with Gasteiger partial charge < -0.3 is 15.1 Å². The first-order valence-electron chi connectivity index (χ1n) is 10.2. The zero-order valence-corrected chi connectivity index (χ0v) is 17.5. The number of piperidine rings is 1. The van der Waals surface area contributed by atoms with Gasteiger partial charge in [-0.05, 0) is 39.2 Å². The van der Waals surface area contributed by atoms with Crippen LogP contribution in [0.2, 0.25) is 5.02 Å². The minimum absolute atomic E-state index is 0.0154. The van der Waals surface area contributed by atoms with Gasteiger partial charge in [0.1, 0.15) is 5.82 Å². The Morgan fingerprint density at radius 1 is 1.11 bits per heavy atom. The second-order valence-electron chi connectivity index (χ2n) is 7.87. The molecule has 0 radical (unpaired) electrons. The molecule has 0 aliphatic carbocycles. The van der Waals surface area contributed by atoms with Gasteiger partial charge in [-0.1, -0.05) is 11.6 Å². The highest BCUT2D eigenvalue weighted by molar-refractivity contribution is 6.33. The van der Waals surface area contributed by atoms with Gasteiger partial charge in [0.2, 0.25) is 5.91 Å². The average Bonchev–Trinajstić information content (AvgIpc) is 2.68. The van der Waals surface area contributed by atoms with E-state index in [9.17, 15) is 9.59 Å². The summed E-state index contributed by atoms with van der Waals surface area (Å²) in [6.45, 7) is 9.01. The number of halogens is 1. The van der Waals surface area contributed by atoms with Crippen LogP contribution in [0.4, 0.5) is 5.82 Å². The van der Waals surface area contributed by atoms with Crippen molar-refractivity contribution in [1.82, 2.24) is 20.1 Å². The number of nitrogens with one attached hydrogen (secondary N) is 1. The van der Waals surface area contributed by atoms with Crippen LogP contribution in [0.15, 0.2) is 12.3 Å². The number of anilines is 1. The Hall–Kier alpha value is -1.86. The summed E-state index contributed by atoms with van der Waals surface area (Å²) in [5.41, 5.74) is 0.555. The van der Waals surface area contributed by atoms with Gasteiger partial charge >= 0.3 is 0 Å². The first kappa shape index (κ1) is 20.9. The quantitative estimate of drug-likeness (QED) is 0.808. The lowest BCUT2D eigenvalue weighted by Crippen LogP contribution is -2.50. The van der Waals surface area contributed by atoms with Gasteiger partial charge in [-0.3, -0.25) is 14.5 Å². The lowest BCUT2D eigenvalue weighted by Gasteiger charge is -2.35. The number of hydrogen-bond acceptors (Lipinski definition) is 5. The Morgan fingerprint density at radius 2 is 1.79 bits per heavy atom. The van der Waals surface area contributed by atoms with Crippen LogP contribution >= 0.6 is 11.6 Å². The van der Waals surface area contributed by atoms with Crippen molar-refractivity contribution >= 4 is 29.2 Å². The van der Waals surface area contributed by atoms with Crippen molar-refractivity contribution in [2.45, 2.75) is 39.2 Å². The van der Waals surface area contributed by atoms with Crippen LogP contribution in [0, 0.1) is 0 Å². The van der Waals surface area contributed by atoms with Gasteiger partial charge in [-0.15, -0.1) is 0 Å². The van der Waals surface area contributed by atoms with Crippen molar-refractivity contribution in [2.75, 3.05) is 50.7 Å². The van der Waals surface area contributed by atoms with Gasteiger partial charge in [0, 0.05) is 51.5 Å². The number of likely N-dealkylation sites (tertiary alicyclic amines) is 1. The number of hydrogen-bond donors (Lipinski definition) is 1. The third-order valence-corrected chi connectivity index (χ3v) is 5.48. The third kappa shape index (κ3) is 5.35. The number of nitrogens with zero attached hydrogens (tertiary/aromatic N) is 4. The Morgan fingerprint density at radius 3 is 2.39 bits per heavy atom. The molecular formula is C20H30ClN5O2. The Bertz CT molecular complexity index is 698. The second-order valence-corrected chi connectivity index (χ2v) is 8.27. The number of amides is 2. The molecule has 2 aliphatic rings. The number of rotatable bonds is 5. The first-order chi connectivity index (χ1) is 13.4.